The van der Waals surface area contributed by atoms with Gasteiger partial charge in [0, 0.05) is 36.0 Å². The number of fused-ring (bicyclic) bond motifs is 1. The highest BCUT2D eigenvalue weighted by molar-refractivity contribution is 8.26. The molecule has 11 heteroatoms. The molecule has 0 atom stereocenters. The van der Waals surface area contributed by atoms with E-state index in [1.807, 2.05) is 0 Å². The number of carbonyl (C=O) groups excluding carboxylic acids is 1. The Kier molecular flexibility index (Phi) is 6.40. The number of aliphatic hydroxyl groups excluding tert-OH is 1. The molecule has 0 unspecified atom stereocenters. The van der Waals surface area contributed by atoms with E-state index in [-0.39, 0.29) is 24.0 Å². The minimum absolute atomic E-state index is 0.0568. The minimum atomic E-state index is -3.68. The highest BCUT2D eigenvalue weighted by Gasteiger charge is 2.22. The number of carbonyl (C=O) groups is 1. The molecular formula is C21H15N3O5S3. The predicted molar refractivity (Wildman–Crippen MR) is 125 cm³/mol. The van der Waals surface area contributed by atoms with Gasteiger partial charge in [0.15, 0.2) is 5.58 Å². The van der Waals surface area contributed by atoms with Gasteiger partial charge in [-0.05, 0) is 30.3 Å². The number of aliphatic hydroxyl groups is 1. The number of amides is 1. The molecule has 1 aliphatic heterocycles. The first-order valence-corrected chi connectivity index (χ1v) is 11.9. The second-order valence-corrected chi connectivity index (χ2v) is 9.99. The van der Waals surface area contributed by atoms with Gasteiger partial charge >= 0.3 is 0 Å². The molecule has 1 amide bonds. The molecule has 3 aromatic rings. The zero-order valence-corrected chi connectivity index (χ0v) is 18.7. The molecule has 1 fully saturated rings. The van der Waals surface area contributed by atoms with Crippen molar-refractivity contribution in [3.05, 3.63) is 64.5 Å². The summed E-state index contributed by atoms with van der Waals surface area (Å²) in [6.45, 7) is -0.341. The first kappa shape index (κ1) is 22.2. The fraction of sp³-hybridized carbons (Fsp3) is 0.0952. The molecule has 1 saturated heterocycles. The standard InChI is InChI=1S/C21H15N3O5S3/c25-8-7-23-32(27,28)17-5-2-13(3-6-17)1-4-14-11-22-12-15-9-16(29-19(14)15)10-18-20(26)24-21(30)31-18/h2-3,5-6,9-12,23,25H,7-8H2,(H,24,26,30)/b18-10-. The third-order valence-corrected chi connectivity index (χ3v) is 6.91. The number of nitrogens with zero attached hydrogens (tertiary/aromatic N) is 1. The molecule has 0 spiro atoms. The number of thioether (sulfide) groups is 1. The van der Waals surface area contributed by atoms with E-state index in [9.17, 15) is 13.2 Å². The van der Waals surface area contributed by atoms with Crippen LogP contribution in [0.2, 0.25) is 0 Å². The highest BCUT2D eigenvalue weighted by atomic mass is 32.2. The minimum Gasteiger partial charge on any atom is -0.455 e. The Balaban J connectivity index is 1.59. The molecule has 0 saturated carbocycles. The number of rotatable bonds is 5. The number of sulfonamides is 1. The van der Waals surface area contributed by atoms with Gasteiger partial charge < -0.3 is 14.8 Å². The van der Waals surface area contributed by atoms with Crippen molar-refractivity contribution in [3.63, 3.8) is 0 Å². The summed E-state index contributed by atoms with van der Waals surface area (Å²) in [6, 6.07) is 7.81. The van der Waals surface area contributed by atoms with E-state index < -0.39 is 10.0 Å². The number of nitrogens with one attached hydrogen (secondary N) is 2. The van der Waals surface area contributed by atoms with Gasteiger partial charge in [0.05, 0.1) is 22.0 Å². The van der Waals surface area contributed by atoms with E-state index in [1.165, 1.54) is 23.9 Å². The Hall–Kier alpha value is -3.01. The monoisotopic (exact) mass is 485 g/mol. The van der Waals surface area contributed by atoms with Crippen LogP contribution >= 0.6 is 24.0 Å². The van der Waals surface area contributed by atoms with Gasteiger partial charge in [0.1, 0.15) is 10.1 Å². The van der Waals surface area contributed by atoms with Crippen LogP contribution in [0.3, 0.4) is 0 Å². The fourth-order valence-corrected chi connectivity index (χ4v) is 4.86. The number of thiocarbonyl (C=S) groups is 1. The molecule has 8 nitrogen and oxygen atoms in total. The van der Waals surface area contributed by atoms with E-state index in [0.29, 0.717) is 31.7 Å². The maximum atomic E-state index is 12.1. The molecule has 1 aliphatic rings. The first-order chi connectivity index (χ1) is 15.4. The molecule has 1 aromatic carbocycles. The normalized spacial score (nSPS) is 15.1. The number of benzene rings is 1. The summed E-state index contributed by atoms with van der Waals surface area (Å²) in [7, 11) is -3.68. The topological polar surface area (TPSA) is 122 Å². The van der Waals surface area contributed by atoms with Gasteiger partial charge in [-0.15, -0.1) is 0 Å². The third-order valence-electron chi connectivity index (χ3n) is 4.27. The van der Waals surface area contributed by atoms with E-state index in [0.717, 1.165) is 5.39 Å². The highest BCUT2D eigenvalue weighted by Crippen LogP contribution is 2.29. The average Bonchev–Trinajstić information content (AvgIpc) is 3.33. The van der Waals surface area contributed by atoms with Crippen LogP contribution in [-0.2, 0) is 14.8 Å². The van der Waals surface area contributed by atoms with Gasteiger partial charge in [-0.1, -0.05) is 35.8 Å². The van der Waals surface area contributed by atoms with Gasteiger partial charge in [0.2, 0.25) is 10.0 Å². The van der Waals surface area contributed by atoms with Crippen LogP contribution in [0.4, 0.5) is 0 Å². The van der Waals surface area contributed by atoms with E-state index in [2.05, 4.69) is 26.9 Å². The lowest BCUT2D eigenvalue weighted by molar-refractivity contribution is -0.115. The van der Waals surface area contributed by atoms with Crippen LogP contribution in [0.1, 0.15) is 16.9 Å². The van der Waals surface area contributed by atoms with Crippen LogP contribution in [0.15, 0.2) is 56.9 Å². The Morgan fingerprint density at radius 1 is 1.25 bits per heavy atom. The Morgan fingerprint density at radius 3 is 2.72 bits per heavy atom. The quantitative estimate of drug-likeness (QED) is 0.285. The van der Waals surface area contributed by atoms with Crippen molar-refractivity contribution in [2.45, 2.75) is 4.90 Å². The Morgan fingerprint density at radius 2 is 2.03 bits per heavy atom. The van der Waals surface area contributed by atoms with Crippen molar-refractivity contribution in [2.24, 2.45) is 0 Å². The lowest BCUT2D eigenvalue weighted by Crippen LogP contribution is -2.26. The fourth-order valence-electron chi connectivity index (χ4n) is 2.81. The van der Waals surface area contributed by atoms with E-state index >= 15 is 0 Å². The third kappa shape index (κ3) is 4.90. The summed E-state index contributed by atoms with van der Waals surface area (Å²) in [6.07, 6.45) is 4.82. The van der Waals surface area contributed by atoms with Gasteiger partial charge in [-0.25, -0.2) is 13.1 Å². The van der Waals surface area contributed by atoms with Crippen LogP contribution in [0.5, 0.6) is 0 Å². The number of pyridine rings is 1. The number of hydrogen-bond donors (Lipinski definition) is 3. The number of furan rings is 1. The Bertz CT molecular complexity index is 1410. The van der Waals surface area contributed by atoms with E-state index in [1.54, 1.807) is 36.7 Å². The van der Waals surface area contributed by atoms with E-state index in [4.69, 9.17) is 21.7 Å². The molecule has 0 radical (unpaired) electrons. The SMILES string of the molecule is O=C1NC(=S)S/C1=C\c1cc2cncc(C#Cc3ccc(S(=O)(=O)NCCO)cc3)c2o1. The molecule has 2 aromatic heterocycles. The van der Waals surface area contributed by atoms with Crippen LogP contribution < -0.4 is 10.0 Å². The molecule has 3 N–H and O–H groups in total. The average molecular weight is 486 g/mol. The summed E-state index contributed by atoms with van der Waals surface area (Å²) < 4.78 is 32.7. The lowest BCUT2D eigenvalue weighted by Gasteiger charge is -2.04. The largest absolute Gasteiger partial charge is 0.455 e. The van der Waals surface area contributed by atoms with Crippen molar-refractivity contribution in [1.29, 1.82) is 0 Å². The molecule has 0 bridgehead atoms. The zero-order chi connectivity index (χ0) is 22.7. The molecule has 4 rings (SSSR count). The smallest absolute Gasteiger partial charge is 0.263 e. The van der Waals surface area contributed by atoms with Crippen LogP contribution in [0, 0.1) is 11.8 Å². The molecule has 32 heavy (non-hydrogen) atoms. The van der Waals surface area contributed by atoms with Crippen molar-refractivity contribution < 1.29 is 22.7 Å². The van der Waals surface area contributed by atoms with Crippen molar-refractivity contribution in [3.8, 4) is 11.8 Å². The van der Waals surface area contributed by atoms with Crippen molar-refractivity contribution >= 4 is 61.3 Å². The van der Waals surface area contributed by atoms with Gasteiger partial charge in [-0.3, -0.25) is 9.78 Å². The maximum Gasteiger partial charge on any atom is 0.263 e. The molecule has 3 heterocycles. The van der Waals surface area contributed by atoms with Crippen molar-refractivity contribution in [1.82, 2.24) is 15.0 Å². The van der Waals surface area contributed by atoms with Crippen molar-refractivity contribution in [2.75, 3.05) is 13.2 Å². The summed E-state index contributed by atoms with van der Waals surface area (Å²) in [4.78, 5) is 16.6. The second-order valence-electron chi connectivity index (χ2n) is 6.50. The predicted octanol–water partition coefficient (Wildman–Crippen LogP) is 1.99. The summed E-state index contributed by atoms with van der Waals surface area (Å²) in [5.74, 6) is 6.16. The summed E-state index contributed by atoms with van der Waals surface area (Å²) in [5, 5.41) is 12.1. The molecular weight excluding hydrogens is 470 g/mol. The number of aromatic nitrogens is 1. The van der Waals surface area contributed by atoms with Gasteiger partial charge in [0.25, 0.3) is 5.91 Å². The zero-order valence-electron chi connectivity index (χ0n) is 16.3. The molecule has 162 valence electrons. The lowest BCUT2D eigenvalue weighted by atomic mass is 10.2. The number of hydrogen-bond acceptors (Lipinski definition) is 8. The maximum absolute atomic E-state index is 12.1. The Labute approximate surface area is 193 Å². The summed E-state index contributed by atoms with van der Waals surface area (Å²) >= 11 is 6.15. The van der Waals surface area contributed by atoms with Gasteiger partial charge in [-0.2, -0.15) is 0 Å². The van der Waals surface area contributed by atoms with Crippen LogP contribution in [-0.4, -0.2) is 41.9 Å². The summed E-state index contributed by atoms with van der Waals surface area (Å²) in [5.41, 5.74) is 1.68. The van der Waals surface area contributed by atoms with Crippen LogP contribution in [0.25, 0.3) is 17.0 Å². The molecule has 0 aliphatic carbocycles. The second kappa shape index (κ2) is 9.23. The first-order valence-electron chi connectivity index (χ1n) is 9.21.